The summed E-state index contributed by atoms with van der Waals surface area (Å²) in [6.07, 6.45) is 2.90. The summed E-state index contributed by atoms with van der Waals surface area (Å²) in [5.74, 6) is 0.449. The maximum absolute atomic E-state index is 11.3. The van der Waals surface area contributed by atoms with Crippen LogP contribution in [0.5, 0.6) is 5.75 Å². The van der Waals surface area contributed by atoms with Gasteiger partial charge in [-0.15, -0.1) is 0 Å². The Morgan fingerprint density at radius 3 is 2.16 bits per heavy atom. The van der Waals surface area contributed by atoms with Gasteiger partial charge in [0.1, 0.15) is 5.75 Å². The minimum Gasteiger partial charge on any atom is -0.507 e. The molecule has 2 unspecified atom stereocenters. The summed E-state index contributed by atoms with van der Waals surface area (Å²) in [5.41, 5.74) is 5.24. The SMILES string of the molecule is CCC(C)(Pc1ccccc1/C=N/c1ccccc1)c1cc(C)cc(C(C)(C)C)c1O. The first-order valence-corrected chi connectivity index (χ1v) is 11.9. The molecule has 0 spiro atoms. The number of phenolic OH excluding ortho intramolecular Hbond substituents is 1. The molecule has 0 fully saturated rings. The monoisotopic (exact) mass is 431 g/mol. The van der Waals surface area contributed by atoms with E-state index in [4.69, 9.17) is 0 Å². The number of nitrogens with zero attached hydrogens (tertiary/aromatic N) is 1. The van der Waals surface area contributed by atoms with Crippen LogP contribution in [0.25, 0.3) is 0 Å². The fraction of sp³-hybridized carbons (Fsp3) is 0.321. The highest BCUT2D eigenvalue weighted by molar-refractivity contribution is 7.48. The molecular weight excluding hydrogens is 397 g/mol. The molecule has 0 saturated carbocycles. The Bertz CT molecular complexity index is 1070. The number of benzene rings is 3. The quantitative estimate of drug-likeness (QED) is 0.320. The van der Waals surface area contributed by atoms with E-state index in [1.807, 2.05) is 36.5 Å². The number of hydrogen-bond donors (Lipinski definition) is 1. The Hall–Kier alpha value is -2.44. The van der Waals surface area contributed by atoms with E-state index in [1.165, 1.54) is 10.9 Å². The van der Waals surface area contributed by atoms with Crippen LogP contribution >= 0.6 is 8.58 Å². The van der Waals surface area contributed by atoms with Crippen LogP contribution in [0.4, 0.5) is 5.69 Å². The predicted octanol–water partition coefficient (Wildman–Crippen LogP) is 7.38. The van der Waals surface area contributed by atoms with Crippen LogP contribution < -0.4 is 5.30 Å². The Labute approximate surface area is 189 Å². The molecule has 2 atom stereocenters. The molecular formula is C28H34NOP. The van der Waals surface area contributed by atoms with Gasteiger partial charge in [0.2, 0.25) is 0 Å². The van der Waals surface area contributed by atoms with Crippen LogP contribution in [0.1, 0.15) is 63.3 Å². The summed E-state index contributed by atoms with van der Waals surface area (Å²) < 4.78 is 0. The van der Waals surface area contributed by atoms with E-state index >= 15 is 0 Å². The molecule has 0 saturated heterocycles. The molecule has 162 valence electrons. The number of hydrogen-bond acceptors (Lipinski definition) is 2. The van der Waals surface area contributed by atoms with Gasteiger partial charge in [-0.25, -0.2) is 0 Å². The van der Waals surface area contributed by atoms with Gasteiger partial charge < -0.3 is 5.11 Å². The largest absolute Gasteiger partial charge is 0.507 e. The molecule has 0 aromatic heterocycles. The summed E-state index contributed by atoms with van der Waals surface area (Å²) in [5, 5.41) is 12.4. The van der Waals surface area contributed by atoms with Crippen molar-refractivity contribution in [3.8, 4) is 5.75 Å². The van der Waals surface area contributed by atoms with Crippen molar-refractivity contribution in [2.24, 2.45) is 4.99 Å². The topological polar surface area (TPSA) is 32.6 Å². The normalized spacial score (nSPS) is 14.4. The predicted molar refractivity (Wildman–Crippen MR) is 137 cm³/mol. The first kappa shape index (κ1) is 23.2. The van der Waals surface area contributed by atoms with Crippen molar-refractivity contribution in [1.82, 2.24) is 0 Å². The van der Waals surface area contributed by atoms with E-state index in [0.717, 1.165) is 28.8 Å². The lowest BCUT2D eigenvalue weighted by molar-refractivity contribution is 0.430. The molecule has 31 heavy (non-hydrogen) atoms. The summed E-state index contributed by atoms with van der Waals surface area (Å²) in [4.78, 5) is 4.67. The molecule has 2 nitrogen and oxygen atoms in total. The highest BCUT2D eigenvalue weighted by Crippen LogP contribution is 2.49. The van der Waals surface area contributed by atoms with E-state index in [0.29, 0.717) is 14.3 Å². The smallest absolute Gasteiger partial charge is 0.123 e. The summed E-state index contributed by atoms with van der Waals surface area (Å²) in [7, 11) is 0.514. The molecule has 3 heteroatoms. The second kappa shape index (κ2) is 9.37. The number of aromatic hydroxyl groups is 1. The Kier molecular flexibility index (Phi) is 7.02. The van der Waals surface area contributed by atoms with E-state index < -0.39 is 0 Å². The second-order valence-electron chi connectivity index (χ2n) is 9.45. The molecule has 0 heterocycles. The standard InChI is InChI=1S/C28H34NOP/c1-7-28(6,24-18-20(2)17-23(26(24)30)27(3,4)5)31-25-16-12-11-13-21(25)19-29-22-14-9-8-10-15-22/h8-19,30-31H,7H2,1-6H3/b29-19+. The van der Waals surface area contributed by atoms with Gasteiger partial charge in [0.05, 0.1) is 5.69 Å². The first-order chi connectivity index (χ1) is 14.6. The molecule has 0 bridgehead atoms. The van der Waals surface area contributed by atoms with Crippen molar-refractivity contribution in [2.45, 2.75) is 58.5 Å². The Morgan fingerprint density at radius 1 is 0.903 bits per heavy atom. The second-order valence-corrected chi connectivity index (χ2v) is 11.3. The van der Waals surface area contributed by atoms with Crippen LogP contribution in [-0.2, 0) is 10.6 Å². The minimum absolute atomic E-state index is 0.108. The van der Waals surface area contributed by atoms with E-state index in [-0.39, 0.29) is 10.6 Å². The molecule has 3 rings (SSSR count). The van der Waals surface area contributed by atoms with Crippen molar-refractivity contribution in [1.29, 1.82) is 0 Å². The molecule has 0 radical (unpaired) electrons. The van der Waals surface area contributed by atoms with Crippen molar-refractivity contribution >= 4 is 25.8 Å². The molecule has 0 amide bonds. The van der Waals surface area contributed by atoms with Gasteiger partial charge in [-0.3, -0.25) is 4.99 Å². The molecule has 3 aromatic rings. The van der Waals surface area contributed by atoms with Crippen LogP contribution in [-0.4, -0.2) is 11.3 Å². The van der Waals surface area contributed by atoms with Gasteiger partial charge in [0.15, 0.2) is 0 Å². The number of aryl methyl sites for hydroxylation is 1. The zero-order valence-electron chi connectivity index (χ0n) is 19.5. The molecule has 0 aliphatic heterocycles. The molecule has 0 aliphatic rings. The minimum atomic E-state index is -0.160. The number of para-hydroxylation sites is 1. The highest BCUT2D eigenvalue weighted by atomic mass is 31.1. The van der Waals surface area contributed by atoms with E-state index in [9.17, 15) is 5.11 Å². The van der Waals surface area contributed by atoms with Gasteiger partial charge >= 0.3 is 0 Å². The Balaban J connectivity index is 2.02. The van der Waals surface area contributed by atoms with Gasteiger partial charge in [0, 0.05) is 22.5 Å². The van der Waals surface area contributed by atoms with Crippen LogP contribution in [0, 0.1) is 6.92 Å². The van der Waals surface area contributed by atoms with Crippen LogP contribution in [0.3, 0.4) is 0 Å². The summed E-state index contributed by atoms with van der Waals surface area (Å²) in [6.45, 7) is 13.1. The maximum Gasteiger partial charge on any atom is 0.123 e. The highest BCUT2D eigenvalue weighted by Gasteiger charge is 2.32. The zero-order valence-corrected chi connectivity index (χ0v) is 20.5. The number of phenols is 1. The van der Waals surface area contributed by atoms with Crippen molar-refractivity contribution in [3.05, 3.63) is 89.0 Å². The third kappa shape index (κ3) is 5.43. The maximum atomic E-state index is 11.3. The van der Waals surface area contributed by atoms with Gasteiger partial charge in [-0.1, -0.05) is 103 Å². The first-order valence-electron chi connectivity index (χ1n) is 10.9. The van der Waals surface area contributed by atoms with Crippen molar-refractivity contribution in [2.75, 3.05) is 0 Å². The summed E-state index contributed by atoms with van der Waals surface area (Å²) >= 11 is 0. The van der Waals surface area contributed by atoms with Crippen molar-refractivity contribution in [3.63, 3.8) is 0 Å². The van der Waals surface area contributed by atoms with Gasteiger partial charge in [0.25, 0.3) is 0 Å². The lowest BCUT2D eigenvalue weighted by Gasteiger charge is -2.33. The zero-order chi connectivity index (χ0) is 22.6. The molecule has 0 aliphatic carbocycles. The third-order valence-electron chi connectivity index (χ3n) is 5.84. The molecule has 3 aromatic carbocycles. The lowest BCUT2D eigenvalue weighted by atomic mass is 9.82. The van der Waals surface area contributed by atoms with Crippen LogP contribution in [0.15, 0.2) is 71.7 Å². The Morgan fingerprint density at radius 2 is 1.52 bits per heavy atom. The fourth-order valence-electron chi connectivity index (χ4n) is 3.80. The summed E-state index contributed by atoms with van der Waals surface area (Å²) in [6, 6.07) is 22.8. The van der Waals surface area contributed by atoms with Gasteiger partial charge in [-0.05, 0) is 41.8 Å². The number of aliphatic imine (C=N–C) groups is 1. The lowest BCUT2D eigenvalue weighted by Crippen LogP contribution is -2.22. The van der Waals surface area contributed by atoms with Gasteiger partial charge in [-0.2, -0.15) is 0 Å². The molecule has 1 N–H and O–H groups in total. The van der Waals surface area contributed by atoms with E-state index in [2.05, 4.69) is 82.9 Å². The van der Waals surface area contributed by atoms with Crippen LogP contribution in [0.2, 0.25) is 0 Å². The van der Waals surface area contributed by atoms with Crippen molar-refractivity contribution < 1.29 is 5.11 Å². The third-order valence-corrected chi connectivity index (χ3v) is 7.74. The number of rotatable bonds is 6. The average Bonchev–Trinajstić information content (AvgIpc) is 2.74. The van der Waals surface area contributed by atoms with E-state index in [1.54, 1.807) is 0 Å². The average molecular weight is 432 g/mol. The fourth-order valence-corrected chi connectivity index (χ4v) is 5.36.